The van der Waals surface area contributed by atoms with E-state index in [1.54, 1.807) is 18.3 Å². The first-order valence-electron chi connectivity index (χ1n) is 7.69. The molecule has 3 rings (SSSR count). The van der Waals surface area contributed by atoms with Crippen LogP contribution in [-0.2, 0) is 16.6 Å². The third kappa shape index (κ3) is 3.60. The molecule has 0 spiro atoms. The van der Waals surface area contributed by atoms with E-state index in [9.17, 15) is 13.5 Å². The minimum atomic E-state index is -3.70. The first kappa shape index (κ1) is 16.1. The van der Waals surface area contributed by atoms with Gasteiger partial charge in [0.25, 0.3) is 0 Å². The summed E-state index contributed by atoms with van der Waals surface area (Å²) in [6.07, 6.45) is 4.82. The summed E-state index contributed by atoms with van der Waals surface area (Å²) in [6, 6.07) is 12.2. The lowest BCUT2D eigenvalue weighted by atomic mass is 10.1. The minimum Gasteiger partial charge on any atom is -0.395 e. The van der Waals surface area contributed by atoms with E-state index in [1.165, 1.54) is 10.5 Å². The Balaban J connectivity index is 1.97. The van der Waals surface area contributed by atoms with Crippen LogP contribution >= 0.6 is 0 Å². The maximum Gasteiger partial charge on any atom is 0.245 e. The fourth-order valence-electron chi connectivity index (χ4n) is 2.74. The van der Waals surface area contributed by atoms with Crippen molar-refractivity contribution in [2.75, 3.05) is 6.61 Å². The van der Waals surface area contributed by atoms with Crippen molar-refractivity contribution in [2.24, 2.45) is 5.92 Å². The van der Waals surface area contributed by atoms with Gasteiger partial charge in [0.05, 0.1) is 12.6 Å². The molecule has 1 saturated carbocycles. The standard InChI is InChI=1S/C17H20N2O3S/c20-13-17(15-8-9-15)19(12-14-5-2-1-3-6-14)23(21,22)16-7-4-10-18-11-16/h1-7,10-11,15,17,20H,8-9,12-13H2. The van der Waals surface area contributed by atoms with Crippen molar-refractivity contribution in [3.8, 4) is 0 Å². The Morgan fingerprint density at radius 3 is 2.48 bits per heavy atom. The van der Waals surface area contributed by atoms with E-state index in [0.29, 0.717) is 0 Å². The van der Waals surface area contributed by atoms with Crippen molar-refractivity contribution in [2.45, 2.75) is 30.3 Å². The molecule has 0 bridgehead atoms. The number of nitrogens with zero attached hydrogens (tertiary/aromatic N) is 2. The number of benzene rings is 1. The van der Waals surface area contributed by atoms with Gasteiger partial charge >= 0.3 is 0 Å². The van der Waals surface area contributed by atoms with Crippen LogP contribution in [0.25, 0.3) is 0 Å². The lowest BCUT2D eigenvalue weighted by Gasteiger charge is -2.30. The highest BCUT2D eigenvalue weighted by Gasteiger charge is 2.40. The van der Waals surface area contributed by atoms with Gasteiger partial charge in [0.2, 0.25) is 10.0 Å². The van der Waals surface area contributed by atoms with Gasteiger partial charge in [-0.3, -0.25) is 4.98 Å². The van der Waals surface area contributed by atoms with E-state index in [1.807, 2.05) is 30.3 Å². The van der Waals surface area contributed by atoms with Crippen LogP contribution in [0.3, 0.4) is 0 Å². The quantitative estimate of drug-likeness (QED) is 0.842. The van der Waals surface area contributed by atoms with Crippen LogP contribution in [0, 0.1) is 5.92 Å². The molecular formula is C17H20N2O3S. The Hall–Kier alpha value is -1.76. The summed E-state index contributed by atoms with van der Waals surface area (Å²) in [4.78, 5) is 4.08. The van der Waals surface area contributed by atoms with Gasteiger partial charge in [-0.2, -0.15) is 4.31 Å². The first-order valence-corrected chi connectivity index (χ1v) is 9.13. The van der Waals surface area contributed by atoms with Crippen LogP contribution in [0.2, 0.25) is 0 Å². The maximum atomic E-state index is 13.0. The zero-order valence-electron chi connectivity index (χ0n) is 12.7. The van der Waals surface area contributed by atoms with Crippen LogP contribution in [0.5, 0.6) is 0 Å². The summed E-state index contributed by atoms with van der Waals surface area (Å²) in [5, 5.41) is 9.77. The SMILES string of the molecule is O=S(=O)(c1cccnc1)N(Cc1ccccc1)C(CO)C1CC1. The molecule has 122 valence electrons. The van der Waals surface area contributed by atoms with Gasteiger partial charge in [-0.05, 0) is 36.5 Å². The summed E-state index contributed by atoms with van der Waals surface area (Å²) >= 11 is 0. The summed E-state index contributed by atoms with van der Waals surface area (Å²) < 4.78 is 27.5. The number of aliphatic hydroxyl groups is 1. The molecule has 1 unspecified atom stereocenters. The molecule has 0 radical (unpaired) electrons. The molecule has 1 aromatic carbocycles. The molecule has 1 aliphatic rings. The Bertz CT molecular complexity index is 731. The molecule has 1 N–H and O–H groups in total. The maximum absolute atomic E-state index is 13.0. The molecule has 6 heteroatoms. The lowest BCUT2D eigenvalue weighted by molar-refractivity contribution is 0.166. The van der Waals surface area contributed by atoms with E-state index in [0.717, 1.165) is 18.4 Å². The molecule has 0 aliphatic heterocycles. The summed E-state index contributed by atoms with van der Waals surface area (Å²) in [7, 11) is -3.70. The van der Waals surface area contributed by atoms with Crippen molar-refractivity contribution in [3.05, 3.63) is 60.4 Å². The monoisotopic (exact) mass is 332 g/mol. The van der Waals surface area contributed by atoms with E-state index < -0.39 is 10.0 Å². The number of hydrogen-bond donors (Lipinski definition) is 1. The van der Waals surface area contributed by atoms with Gasteiger partial charge in [0, 0.05) is 18.9 Å². The van der Waals surface area contributed by atoms with Crippen LogP contribution in [0.15, 0.2) is 59.8 Å². The number of rotatable bonds is 7. The zero-order chi connectivity index (χ0) is 16.3. The summed E-state index contributed by atoms with van der Waals surface area (Å²) in [5.41, 5.74) is 0.902. The van der Waals surface area contributed by atoms with Crippen LogP contribution < -0.4 is 0 Å². The van der Waals surface area contributed by atoms with Crippen LogP contribution in [0.4, 0.5) is 0 Å². The molecule has 1 aromatic heterocycles. The highest BCUT2D eigenvalue weighted by atomic mass is 32.2. The average Bonchev–Trinajstić information content (AvgIpc) is 3.41. The molecular weight excluding hydrogens is 312 g/mol. The molecule has 0 amide bonds. The second-order valence-electron chi connectivity index (χ2n) is 5.81. The van der Waals surface area contributed by atoms with Gasteiger partial charge in [0.1, 0.15) is 4.90 Å². The van der Waals surface area contributed by atoms with Crippen molar-refractivity contribution in [1.29, 1.82) is 0 Å². The smallest absolute Gasteiger partial charge is 0.245 e. The van der Waals surface area contributed by atoms with E-state index in [-0.39, 0.29) is 30.0 Å². The highest BCUT2D eigenvalue weighted by molar-refractivity contribution is 7.89. The zero-order valence-corrected chi connectivity index (χ0v) is 13.6. The molecule has 1 heterocycles. The molecule has 1 fully saturated rings. The fourth-order valence-corrected chi connectivity index (χ4v) is 4.36. The predicted octanol–water partition coefficient (Wildman–Crippen LogP) is 2.04. The third-order valence-electron chi connectivity index (χ3n) is 4.15. The van der Waals surface area contributed by atoms with E-state index in [4.69, 9.17) is 0 Å². The molecule has 5 nitrogen and oxygen atoms in total. The second-order valence-corrected chi connectivity index (χ2v) is 7.70. The van der Waals surface area contributed by atoms with Crippen molar-refractivity contribution >= 4 is 10.0 Å². The van der Waals surface area contributed by atoms with Crippen LogP contribution in [0.1, 0.15) is 18.4 Å². The highest BCUT2D eigenvalue weighted by Crippen LogP contribution is 2.37. The minimum absolute atomic E-state index is 0.162. The predicted molar refractivity (Wildman–Crippen MR) is 87.0 cm³/mol. The van der Waals surface area contributed by atoms with Crippen molar-refractivity contribution < 1.29 is 13.5 Å². The van der Waals surface area contributed by atoms with Gasteiger partial charge < -0.3 is 5.11 Å². The number of aromatic nitrogens is 1. The first-order chi connectivity index (χ1) is 11.1. The third-order valence-corrected chi connectivity index (χ3v) is 6.00. The van der Waals surface area contributed by atoms with Crippen molar-refractivity contribution in [1.82, 2.24) is 9.29 Å². The van der Waals surface area contributed by atoms with Crippen LogP contribution in [-0.4, -0.2) is 35.5 Å². The Labute approximate surface area is 136 Å². The Morgan fingerprint density at radius 1 is 1.17 bits per heavy atom. The van der Waals surface area contributed by atoms with E-state index in [2.05, 4.69) is 4.98 Å². The largest absolute Gasteiger partial charge is 0.395 e. The van der Waals surface area contributed by atoms with Gasteiger partial charge in [0.15, 0.2) is 0 Å². The van der Waals surface area contributed by atoms with Gasteiger partial charge in [-0.25, -0.2) is 8.42 Å². The molecule has 0 saturated heterocycles. The Kier molecular flexibility index (Phi) is 4.75. The molecule has 2 aromatic rings. The molecule has 1 atom stereocenters. The lowest BCUT2D eigenvalue weighted by Crippen LogP contribution is -2.43. The van der Waals surface area contributed by atoms with Gasteiger partial charge in [-0.15, -0.1) is 0 Å². The van der Waals surface area contributed by atoms with Crippen molar-refractivity contribution in [3.63, 3.8) is 0 Å². The number of aliphatic hydroxyl groups excluding tert-OH is 1. The summed E-state index contributed by atoms with van der Waals surface area (Å²) in [6.45, 7) is 0.0801. The topological polar surface area (TPSA) is 70.5 Å². The summed E-state index contributed by atoms with van der Waals surface area (Å²) in [5.74, 6) is 0.232. The second kappa shape index (κ2) is 6.78. The molecule has 1 aliphatic carbocycles. The number of sulfonamides is 1. The molecule has 23 heavy (non-hydrogen) atoms. The fraction of sp³-hybridized carbons (Fsp3) is 0.353. The van der Waals surface area contributed by atoms with Gasteiger partial charge in [-0.1, -0.05) is 30.3 Å². The normalized spacial score (nSPS) is 16.4. The van der Waals surface area contributed by atoms with E-state index >= 15 is 0 Å². The number of hydrogen-bond acceptors (Lipinski definition) is 4. The average molecular weight is 332 g/mol. The number of pyridine rings is 1. The Morgan fingerprint density at radius 2 is 1.91 bits per heavy atom.